The molecular formula is C20H19ClN4O2S. The Bertz CT molecular complexity index is 1050. The summed E-state index contributed by atoms with van der Waals surface area (Å²) in [5, 5.41) is 1.66. The molecule has 4 rings (SSSR count). The largest absolute Gasteiger partial charge is 0.328 e. The second-order valence-corrected chi connectivity index (χ2v) is 8.01. The van der Waals surface area contributed by atoms with E-state index < -0.39 is 0 Å². The molecule has 1 saturated heterocycles. The van der Waals surface area contributed by atoms with Crippen molar-refractivity contribution >= 4 is 46.2 Å². The summed E-state index contributed by atoms with van der Waals surface area (Å²) in [5.74, 6) is 0.815. The maximum absolute atomic E-state index is 12.6. The van der Waals surface area contributed by atoms with Crippen molar-refractivity contribution in [3.8, 4) is 0 Å². The van der Waals surface area contributed by atoms with Gasteiger partial charge in [0, 0.05) is 23.6 Å². The lowest BCUT2D eigenvalue weighted by molar-refractivity contribution is -0.139. The Morgan fingerprint density at radius 2 is 2.00 bits per heavy atom. The van der Waals surface area contributed by atoms with Gasteiger partial charge in [-0.3, -0.25) is 15.0 Å². The Kier molecular flexibility index (Phi) is 5.28. The topological polar surface area (TPSA) is 67.2 Å². The molecule has 0 bridgehead atoms. The fourth-order valence-corrected chi connectivity index (χ4v) is 4.78. The average molecular weight is 415 g/mol. The molecule has 1 fully saturated rings. The predicted octanol–water partition coefficient (Wildman–Crippen LogP) is 3.69. The zero-order chi connectivity index (χ0) is 19.7. The van der Waals surface area contributed by atoms with Crippen molar-refractivity contribution in [1.29, 1.82) is 0 Å². The van der Waals surface area contributed by atoms with Crippen LogP contribution >= 0.6 is 23.4 Å². The van der Waals surface area contributed by atoms with Crippen LogP contribution in [0.2, 0.25) is 5.02 Å². The van der Waals surface area contributed by atoms with Gasteiger partial charge in [0.15, 0.2) is 0 Å². The van der Waals surface area contributed by atoms with E-state index in [2.05, 4.69) is 10.4 Å². The van der Waals surface area contributed by atoms with Crippen molar-refractivity contribution in [2.45, 2.75) is 25.3 Å². The molecule has 2 amide bonds. The number of imidazole rings is 1. The minimum Gasteiger partial charge on any atom is -0.328 e. The van der Waals surface area contributed by atoms with Crippen molar-refractivity contribution in [2.24, 2.45) is 0 Å². The minimum atomic E-state index is -0.319. The lowest BCUT2D eigenvalue weighted by Gasteiger charge is -2.25. The molecule has 1 aromatic heterocycles. The van der Waals surface area contributed by atoms with Gasteiger partial charge in [0.1, 0.15) is 11.2 Å². The van der Waals surface area contributed by atoms with Crippen molar-refractivity contribution < 1.29 is 9.59 Å². The van der Waals surface area contributed by atoms with Crippen LogP contribution < -0.4 is 5.43 Å². The summed E-state index contributed by atoms with van der Waals surface area (Å²) in [6.07, 6.45) is 0.241. The number of amides is 2. The van der Waals surface area contributed by atoms with Crippen LogP contribution in [0, 0.1) is 6.92 Å². The van der Waals surface area contributed by atoms with Crippen LogP contribution in [0.25, 0.3) is 11.0 Å². The molecule has 144 valence electrons. The number of halogens is 1. The van der Waals surface area contributed by atoms with E-state index in [1.165, 1.54) is 16.8 Å². The van der Waals surface area contributed by atoms with Crippen molar-refractivity contribution in [2.75, 3.05) is 5.75 Å². The molecule has 1 aliphatic rings. The number of aryl methyl sites for hydroxylation is 2. The summed E-state index contributed by atoms with van der Waals surface area (Å²) < 4.78 is 2.01. The van der Waals surface area contributed by atoms with Crippen LogP contribution in [0.3, 0.4) is 0 Å². The lowest BCUT2D eigenvalue weighted by atomic mass is 10.2. The number of carbonyl (C=O) groups is 2. The summed E-state index contributed by atoms with van der Waals surface area (Å²) in [6.45, 7) is 2.41. The Morgan fingerprint density at radius 1 is 1.25 bits per heavy atom. The first-order valence-electron chi connectivity index (χ1n) is 8.94. The molecule has 0 unspecified atom stereocenters. The highest BCUT2D eigenvalue weighted by molar-refractivity contribution is 8.00. The highest BCUT2D eigenvalue weighted by Crippen LogP contribution is 2.40. The third-order valence-electron chi connectivity index (χ3n) is 4.69. The zero-order valence-electron chi connectivity index (χ0n) is 15.3. The van der Waals surface area contributed by atoms with Crippen molar-refractivity contribution in [3.63, 3.8) is 0 Å². The number of para-hydroxylation sites is 2. The molecule has 0 aliphatic carbocycles. The first kappa shape index (κ1) is 18.8. The van der Waals surface area contributed by atoms with E-state index in [0.717, 1.165) is 22.4 Å². The fraction of sp³-hybridized carbons (Fsp3) is 0.250. The molecule has 0 radical (unpaired) electrons. The molecule has 6 nitrogen and oxygen atoms in total. The predicted molar refractivity (Wildman–Crippen MR) is 111 cm³/mol. The van der Waals surface area contributed by atoms with E-state index >= 15 is 0 Å². The van der Waals surface area contributed by atoms with Gasteiger partial charge in [0.25, 0.3) is 5.91 Å². The summed E-state index contributed by atoms with van der Waals surface area (Å²) in [5.41, 5.74) is 5.49. The summed E-state index contributed by atoms with van der Waals surface area (Å²) in [4.78, 5) is 29.4. The fourth-order valence-electron chi connectivity index (χ4n) is 3.33. The maximum atomic E-state index is 12.6. The van der Waals surface area contributed by atoms with Gasteiger partial charge in [-0.15, -0.1) is 11.8 Å². The van der Waals surface area contributed by atoms with Crippen molar-refractivity contribution in [1.82, 2.24) is 20.0 Å². The number of nitrogens with one attached hydrogen (secondary N) is 1. The van der Waals surface area contributed by atoms with Gasteiger partial charge < -0.3 is 4.57 Å². The van der Waals surface area contributed by atoms with Gasteiger partial charge in [0.2, 0.25) is 5.91 Å². The quantitative estimate of drug-likeness (QED) is 0.691. The third-order valence-corrected chi connectivity index (χ3v) is 6.23. The number of fused-ring (bicyclic) bond motifs is 1. The minimum absolute atomic E-state index is 0.132. The van der Waals surface area contributed by atoms with Gasteiger partial charge in [-0.05, 0) is 25.1 Å². The SMILES string of the molecule is Cc1nc2ccccc2n1CCC(=O)NN1C(=O)CS[C@@H]1c1ccccc1Cl. The first-order valence-corrected chi connectivity index (χ1v) is 10.4. The molecule has 28 heavy (non-hydrogen) atoms. The van der Waals surface area contributed by atoms with E-state index in [9.17, 15) is 9.59 Å². The number of benzene rings is 2. The van der Waals surface area contributed by atoms with Crippen molar-refractivity contribution in [3.05, 3.63) is 64.9 Å². The van der Waals surface area contributed by atoms with Crippen LogP contribution in [-0.4, -0.2) is 32.1 Å². The molecule has 2 aromatic carbocycles. The second-order valence-electron chi connectivity index (χ2n) is 6.53. The standard InChI is InChI=1S/C20H19ClN4O2S/c1-13-22-16-8-4-5-9-17(16)24(13)11-10-18(26)23-25-19(27)12-28-20(25)14-6-2-3-7-15(14)21/h2-9,20H,10-12H2,1H3,(H,23,26)/t20-/m1/s1. The molecule has 1 aliphatic heterocycles. The zero-order valence-corrected chi connectivity index (χ0v) is 16.8. The molecule has 3 aromatic rings. The molecule has 8 heteroatoms. The van der Waals surface area contributed by atoms with Gasteiger partial charge in [0.05, 0.1) is 16.8 Å². The van der Waals surface area contributed by atoms with Crippen LogP contribution in [0.1, 0.15) is 23.2 Å². The van der Waals surface area contributed by atoms with Crippen LogP contribution in [0.15, 0.2) is 48.5 Å². The van der Waals surface area contributed by atoms with Gasteiger partial charge >= 0.3 is 0 Å². The normalized spacial score (nSPS) is 16.7. The highest BCUT2D eigenvalue weighted by atomic mass is 35.5. The molecule has 1 N–H and O–H groups in total. The molecular weight excluding hydrogens is 396 g/mol. The molecule has 2 heterocycles. The number of thioether (sulfide) groups is 1. The van der Waals surface area contributed by atoms with E-state index in [-0.39, 0.29) is 23.6 Å². The third kappa shape index (κ3) is 3.59. The Labute approximate surface area is 171 Å². The Morgan fingerprint density at radius 3 is 2.82 bits per heavy atom. The number of rotatable bonds is 5. The average Bonchev–Trinajstić information content (AvgIpc) is 3.20. The maximum Gasteiger partial charge on any atom is 0.252 e. The number of hydrazine groups is 1. The first-order chi connectivity index (χ1) is 13.5. The van der Waals surface area contributed by atoms with Gasteiger partial charge in [-0.1, -0.05) is 41.9 Å². The van der Waals surface area contributed by atoms with E-state index in [0.29, 0.717) is 17.3 Å². The summed E-state index contributed by atoms with van der Waals surface area (Å²) in [7, 11) is 0. The number of carbonyl (C=O) groups excluding carboxylic acids is 2. The number of aromatic nitrogens is 2. The monoisotopic (exact) mass is 414 g/mol. The van der Waals surface area contributed by atoms with Gasteiger partial charge in [-0.2, -0.15) is 0 Å². The number of nitrogens with zero attached hydrogens (tertiary/aromatic N) is 3. The Hall–Kier alpha value is -2.51. The van der Waals surface area contributed by atoms with Gasteiger partial charge in [-0.25, -0.2) is 9.99 Å². The summed E-state index contributed by atoms with van der Waals surface area (Å²) >= 11 is 7.73. The molecule has 1 atom stereocenters. The second kappa shape index (κ2) is 7.85. The number of hydrogen-bond acceptors (Lipinski definition) is 4. The lowest BCUT2D eigenvalue weighted by Crippen LogP contribution is -2.44. The molecule has 0 spiro atoms. The van der Waals surface area contributed by atoms with E-state index in [1.807, 2.05) is 54.0 Å². The highest BCUT2D eigenvalue weighted by Gasteiger charge is 2.35. The smallest absolute Gasteiger partial charge is 0.252 e. The Balaban J connectivity index is 1.46. The van der Waals surface area contributed by atoms with Crippen LogP contribution in [-0.2, 0) is 16.1 Å². The van der Waals surface area contributed by atoms with E-state index in [4.69, 9.17) is 11.6 Å². The van der Waals surface area contributed by atoms with Crippen LogP contribution in [0.4, 0.5) is 0 Å². The summed E-state index contributed by atoms with van der Waals surface area (Å²) in [6, 6.07) is 15.2. The molecule has 0 saturated carbocycles. The number of hydrogen-bond donors (Lipinski definition) is 1. The van der Waals surface area contributed by atoms with E-state index in [1.54, 1.807) is 6.07 Å². The van der Waals surface area contributed by atoms with Crippen LogP contribution in [0.5, 0.6) is 0 Å².